The third-order valence-electron chi connectivity index (χ3n) is 4.05. The van der Waals surface area contributed by atoms with Crippen molar-refractivity contribution in [3.05, 3.63) is 48.5 Å². The van der Waals surface area contributed by atoms with Crippen molar-refractivity contribution in [3.63, 3.8) is 0 Å². The van der Waals surface area contributed by atoms with Gasteiger partial charge in [0.25, 0.3) is 5.91 Å². The van der Waals surface area contributed by atoms with Crippen molar-refractivity contribution < 1.29 is 22.7 Å². The van der Waals surface area contributed by atoms with E-state index in [1.54, 1.807) is 42.5 Å². The second-order valence-corrected chi connectivity index (χ2v) is 8.20. The van der Waals surface area contributed by atoms with E-state index < -0.39 is 16.1 Å². The molecule has 0 saturated carbocycles. The molecule has 2 rings (SSSR count). The van der Waals surface area contributed by atoms with E-state index in [1.807, 2.05) is 19.9 Å². The Morgan fingerprint density at radius 3 is 2.36 bits per heavy atom. The summed E-state index contributed by atoms with van der Waals surface area (Å²) in [5.74, 6) is 0.893. The summed E-state index contributed by atoms with van der Waals surface area (Å²) in [5, 5.41) is 2.83. The van der Waals surface area contributed by atoms with E-state index in [1.165, 1.54) is 11.4 Å². The van der Waals surface area contributed by atoms with Gasteiger partial charge < -0.3 is 14.8 Å². The number of sulfonamides is 1. The molecule has 0 aromatic heterocycles. The molecular formula is C20H26N2O5S. The highest BCUT2D eigenvalue weighted by Gasteiger charge is 2.19. The molecular weight excluding hydrogens is 380 g/mol. The van der Waals surface area contributed by atoms with Crippen molar-refractivity contribution in [2.75, 3.05) is 29.5 Å². The maximum atomic E-state index is 12.6. The molecule has 0 heterocycles. The Balaban J connectivity index is 2.05. The molecule has 1 N–H and O–H groups in total. The van der Waals surface area contributed by atoms with Crippen molar-refractivity contribution in [1.29, 1.82) is 0 Å². The summed E-state index contributed by atoms with van der Waals surface area (Å²) in [6.07, 6.45) is 0.923. The lowest BCUT2D eigenvalue weighted by atomic mass is 10.2. The number of nitrogens with zero attached hydrogens (tertiary/aromatic N) is 1. The SMILES string of the molecule is CCOc1cccc(NC(=O)[C@@H](CC)Oc2ccc(N(C)S(C)(=O)=O)cc2)c1. The number of benzene rings is 2. The number of amides is 1. The molecule has 8 heteroatoms. The number of hydrogen-bond acceptors (Lipinski definition) is 5. The zero-order valence-corrected chi connectivity index (χ0v) is 17.3. The van der Waals surface area contributed by atoms with Crippen LogP contribution in [-0.2, 0) is 14.8 Å². The summed E-state index contributed by atoms with van der Waals surface area (Å²) in [6.45, 7) is 4.29. The maximum Gasteiger partial charge on any atom is 0.265 e. The van der Waals surface area contributed by atoms with E-state index >= 15 is 0 Å². The number of anilines is 2. The largest absolute Gasteiger partial charge is 0.494 e. The predicted molar refractivity (Wildman–Crippen MR) is 111 cm³/mol. The fraction of sp³-hybridized carbons (Fsp3) is 0.350. The third kappa shape index (κ3) is 5.88. The van der Waals surface area contributed by atoms with Gasteiger partial charge in [-0.25, -0.2) is 8.42 Å². The molecule has 0 bridgehead atoms. The summed E-state index contributed by atoms with van der Waals surface area (Å²) >= 11 is 0. The first-order valence-corrected chi connectivity index (χ1v) is 10.8. The summed E-state index contributed by atoms with van der Waals surface area (Å²) in [4.78, 5) is 12.6. The third-order valence-corrected chi connectivity index (χ3v) is 5.26. The lowest BCUT2D eigenvalue weighted by molar-refractivity contribution is -0.122. The minimum Gasteiger partial charge on any atom is -0.494 e. The molecule has 0 aliphatic rings. The second-order valence-electron chi connectivity index (χ2n) is 6.19. The number of nitrogens with one attached hydrogen (secondary N) is 1. The standard InChI is InChI=1S/C20H26N2O5S/c1-5-19(20(23)21-15-8-7-9-18(14-15)26-6-2)27-17-12-10-16(11-13-17)22(3)28(4,24)25/h7-14,19H,5-6H2,1-4H3,(H,21,23)/t19-/m1/s1. The Morgan fingerprint density at radius 1 is 1.11 bits per heavy atom. The second kappa shape index (κ2) is 9.45. The van der Waals surface area contributed by atoms with E-state index in [9.17, 15) is 13.2 Å². The molecule has 2 aromatic rings. The Bertz CT molecular complexity index is 897. The van der Waals surface area contributed by atoms with Gasteiger partial charge in [-0.1, -0.05) is 13.0 Å². The average molecular weight is 407 g/mol. The highest BCUT2D eigenvalue weighted by atomic mass is 32.2. The zero-order chi connectivity index (χ0) is 20.7. The van der Waals surface area contributed by atoms with E-state index in [-0.39, 0.29) is 5.91 Å². The Morgan fingerprint density at radius 2 is 1.79 bits per heavy atom. The molecule has 0 spiro atoms. The van der Waals surface area contributed by atoms with Crippen LogP contribution in [0.3, 0.4) is 0 Å². The van der Waals surface area contributed by atoms with Crippen LogP contribution >= 0.6 is 0 Å². The lowest BCUT2D eigenvalue weighted by Crippen LogP contribution is -2.32. The molecule has 2 aromatic carbocycles. The molecule has 1 atom stereocenters. The topological polar surface area (TPSA) is 84.9 Å². The van der Waals surface area contributed by atoms with Gasteiger partial charge in [-0.05, 0) is 49.7 Å². The molecule has 0 unspecified atom stereocenters. The molecule has 7 nitrogen and oxygen atoms in total. The van der Waals surface area contributed by atoms with E-state index in [4.69, 9.17) is 9.47 Å². The molecule has 28 heavy (non-hydrogen) atoms. The summed E-state index contributed by atoms with van der Waals surface area (Å²) in [5.41, 5.74) is 1.14. The first-order chi connectivity index (χ1) is 13.2. The van der Waals surface area contributed by atoms with Crippen molar-refractivity contribution >= 4 is 27.3 Å². The van der Waals surface area contributed by atoms with Gasteiger partial charge in [0, 0.05) is 18.8 Å². The normalized spacial score (nSPS) is 12.1. The van der Waals surface area contributed by atoms with Gasteiger partial charge in [0.2, 0.25) is 10.0 Å². The van der Waals surface area contributed by atoms with E-state index in [2.05, 4.69) is 5.32 Å². The molecule has 0 saturated heterocycles. The van der Waals surface area contributed by atoms with Gasteiger partial charge in [0.15, 0.2) is 6.10 Å². The lowest BCUT2D eigenvalue weighted by Gasteiger charge is -2.19. The number of rotatable bonds is 9. The van der Waals surface area contributed by atoms with Crippen LogP contribution in [0.2, 0.25) is 0 Å². The molecule has 0 aliphatic heterocycles. The van der Waals surface area contributed by atoms with Crippen LogP contribution in [0.1, 0.15) is 20.3 Å². The number of ether oxygens (including phenoxy) is 2. The van der Waals surface area contributed by atoms with Crippen LogP contribution in [0.25, 0.3) is 0 Å². The molecule has 0 fully saturated rings. The maximum absolute atomic E-state index is 12.6. The van der Waals surface area contributed by atoms with Gasteiger partial charge in [-0.15, -0.1) is 0 Å². The van der Waals surface area contributed by atoms with Crippen molar-refractivity contribution in [3.8, 4) is 11.5 Å². The Hall–Kier alpha value is -2.74. The number of carbonyl (C=O) groups is 1. The highest BCUT2D eigenvalue weighted by Crippen LogP contribution is 2.22. The fourth-order valence-corrected chi connectivity index (χ4v) is 2.97. The van der Waals surface area contributed by atoms with Crippen molar-refractivity contribution in [1.82, 2.24) is 0 Å². The van der Waals surface area contributed by atoms with Crippen molar-refractivity contribution in [2.45, 2.75) is 26.4 Å². The van der Waals surface area contributed by atoms with E-state index in [0.29, 0.717) is 35.9 Å². The minimum absolute atomic E-state index is 0.270. The molecule has 152 valence electrons. The first kappa shape index (κ1) is 21.6. The first-order valence-electron chi connectivity index (χ1n) is 8.99. The number of hydrogen-bond donors (Lipinski definition) is 1. The van der Waals surface area contributed by atoms with E-state index in [0.717, 1.165) is 6.26 Å². The van der Waals surface area contributed by atoms with Gasteiger partial charge in [-0.3, -0.25) is 9.10 Å². The minimum atomic E-state index is -3.33. The molecule has 0 aliphatic carbocycles. The summed E-state index contributed by atoms with van der Waals surface area (Å²) < 4.78 is 35.6. The quantitative estimate of drug-likeness (QED) is 0.691. The van der Waals surface area contributed by atoms with Crippen LogP contribution in [-0.4, -0.2) is 40.3 Å². The van der Waals surface area contributed by atoms with Gasteiger partial charge >= 0.3 is 0 Å². The van der Waals surface area contributed by atoms with Gasteiger partial charge in [-0.2, -0.15) is 0 Å². The van der Waals surface area contributed by atoms with Crippen LogP contribution in [0.15, 0.2) is 48.5 Å². The zero-order valence-electron chi connectivity index (χ0n) is 16.5. The molecule has 1 amide bonds. The molecule has 0 radical (unpaired) electrons. The van der Waals surface area contributed by atoms with Crippen LogP contribution < -0.4 is 19.1 Å². The van der Waals surface area contributed by atoms with Gasteiger partial charge in [0.05, 0.1) is 18.6 Å². The number of carbonyl (C=O) groups excluding carboxylic acids is 1. The summed E-state index contributed by atoms with van der Waals surface area (Å²) in [6, 6.07) is 13.7. The fourth-order valence-electron chi connectivity index (χ4n) is 2.47. The summed E-state index contributed by atoms with van der Waals surface area (Å²) in [7, 11) is -1.86. The Labute approximate surface area is 166 Å². The van der Waals surface area contributed by atoms with Crippen LogP contribution in [0.4, 0.5) is 11.4 Å². The average Bonchev–Trinajstić information content (AvgIpc) is 2.65. The predicted octanol–water partition coefficient (Wildman–Crippen LogP) is 3.28. The van der Waals surface area contributed by atoms with Crippen LogP contribution in [0, 0.1) is 0 Å². The van der Waals surface area contributed by atoms with Crippen molar-refractivity contribution in [2.24, 2.45) is 0 Å². The smallest absolute Gasteiger partial charge is 0.265 e. The van der Waals surface area contributed by atoms with Crippen LogP contribution in [0.5, 0.6) is 11.5 Å². The van der Waals surface area contributed by atoms with Gasteiger partial charge in [0.1, 0.15) is 11.5 Å². The highest BCUT2D eigenvalue weighted by molar-refractivity contribution is 7.92. The Kier molecular flexibility index (Phi) is 7.28. The monoisotopic (exact) mass is 406 g/mol.